The van der Waals surface area contributed by atoms with Gasteiger partial charge in [-0.2, -0.15) is 23.7 Å². The highest BCUT2D eigenvalue weighted by Crippen LogP contribution is 2.40. The summed E-state index contributed by atoms with van der Waals surface area (Å²) in [5.74, 6) is -1.34. The molecule has 15 nitrogen and oxygen atoms in total. The number of likely N-dealkylation sites (tertiary alicyclic amines) is 1. The average Bonchev–Trinajstić information content (AvgIpc) is 3.76. The lowest BCUT2D eigenvalue weighted by molar-refractivity contribution is -0.144. The number of alkyl halides is 3. The van der Waals surface area contributed by atoms with Crippen LogP contribution in [0.4, 0.5) is 24.5 Å². The van der Waals surface area contributed by atoms with E-state index in [1.807, 2.05) is 6.07 Å². The zero-order valence-electron chi connectivity index (χ0n) is 38.2. The van der Waals surface area contributed by atoms with Crippen molar-refractivity contribution in [2.24, 2.45) is 5.41 Å². The molecule has 0 bridgehead atoms. The van der Waals surface area contributed by atoms with Gasteiger partial charge >= 0.3 is 6.18 Å². The number of hydrogen-bond donors (Lipinski definition) is 3. The number of hydrogen-bond acceptors (Lipinski definition) is 11. The van der Waals surface area contributed by atoms with Gasteiger partial charge < -0.3 is 39.8 Å². The van der Waals surface area contributed by atoms with Crippen molar-refractivity contribution in [3.8, 4) is 17.9 Å². The van der Waals surface area contributed by atoms with E-state index in [1.54, 1.807) is 94.1 Å². The fraction of sp³-hybridized carbons (Fsp3) is 0.479. The van der Waals surface area contributed by atoms with Crippen LogP contribution in [0.1, 0.15) is 89.0 Å². The number of β-amino-alcohol motifs (C(OH)–C–C–N with tert-alkyl or cyclic N) is 1. The van der Waals surface area contributed by atoms with Crippen molar-refractivity contribution in [1.29, 1.82) is 10.5 Å². The second-order valence-electron chi connectivity index (χ2n) is 17.9. The Labute approximate surface area is 393 Å². The van der Waals surface area contributed by atoms with E-state index in [0.29, 0.717) is 43.2 Å². The van der Waals surface area contributed by atoms with Crippen LogP contribution in [0.3, 0.4) is 0 Å². The Balaban J connectivity index is 0.963. The number of aliphatic hydroxyl groups excluding tert-OH is 1. The summed E-state index contributed by atoms with van der Waals surface area (Å²) in [6.07, 6.45) is -2.72. The van der Waals surface area contributed by atoms with Gasteiger partial charge in [0.15, 0.2) is 5.11 Å². The number of ether oxygens (including phenoxy) is 3. The van der Waals surface area contributed by atoms with Gasteiger partial charge in [0.1, 0.15) is 30.0 Å². The second-order valence-corrected chi connectivity index (χ2v) is 18.2. The summed E-state index contributed by atoms with van der Waals surface area (Å²) in [7, 11) is 0. The van der Waals surface area contributed by atoms with Crippen molar-refractivity contribution in [2.75, 3.05) is 49.4 Å². The number of benzene rings is 3. The maximum Gasteiger partial charge on any atom is 0.417 e. The lowest BCUT2D eigenvalue weighted by Gasteiger charge is -2.35. The van der Waals surface area contributed by atoms with E-state index in [0.717, 1.165) is 41.9 Å². The van der Waals surface area contributed by atoms with Crippen LogP contribution in [0, 0.1) is 28.1 Å². The number of carbonyl (C=O) groups excluding carboxylic acids is 4. The summed E-state index contributed by atoms with van der Waals surface area (Å²) in [5.41, 5.74) is -1.93. The summed E-state index contributed by atoms with van der Waals surface area (Å²) < 4.78 is 58.2. The topological polar surface area (TPSA) is 198 Å². The molecule has 3 aromatic carbocycles. The molecule has 4 amide bonds. The molecule has 358 valence electrons. The lowest BCUT2D eigenvalue weighted by atomic mass is 9.85. The minimum absolute atomic E-state index is 0.00228. The molecule has 2 fully saturated rings. The molecule has 0 unspecified atom stereocenters. The van der Waals surface area contributed by atoms with Gasteiger partial charge in [0.2, 0.25) is 17.7 Å². The van der Waals surface area contributed by atoms with Gasteiger partial charge in [0.25, 0.3) is 5.91 Å². The van der Waals surface area contributed by atoms with Crippen LogP contribution in [-0.2, 0) is 41.4 Å². The van der Waals surface area contributed by atoms with Crippen LogP contribution in [0.5, 0.6) is 5.75 Å². The first-order valence-corrected chi connectivity index (χ1v) is 22.3. The van der Waals surface area contributed by atoms with E-state index in [2.05, 4.69) is 10.6 Å². The largest absolute Gasteiger partial charge is 0.494 e. The number of nitrogens with zero attached hydrogens (tertiary/aromatic N) is 5. The molecule has 19 heteroatoms. The summed E-state index contributed by atoms with van der Waals surface area (Å²) in [6.45, 7) is 10.1. The van der Waals surface area contributed by atoms with Gasteiger partial charge in [-0.3, -0.25) is 24.1 Å². The lowest BCUT2D eigenvalue weighted by Crippen LogP contribution is -2.58. The number of aliphatic hydroxyl groups is 1. The summed E-state index contributed by atoms with van der Waals surface area (Å²) in [4.78, 5) is 57.4. The number of rotatable bonds is 20. The van der Waals surface area contributed by atoms with Crippen LogP contribution in [0.2, 0.25) is 0 Å². The van der Waals surface area contributed by atoms with Crippen LogP contribution in [-0.4, -0.2) is 102 Å². The zero-order valence-corrected chi connectivity index (χ0v) is 39.0. The molecule has 0 aromatic heterocycles. The van der Waals surface area contributed by atoms with Gasteiger partial charge in [0.05, 0.1) is 47.2 Å². The van der Waals surface area contributed by atoms with Crippen molar-refractivity contribution in [1.82, 2.24) is 15.5 Å². The van der Waals surface area contributed by atoms with Crippen molar-refractivity contribution in [2.45, 2.75) is 103 Å². The Morgan fingerprint density at radius 2 is 1.54 bits per heavy atom. The molecule has 0 saturated carbocycles. The summed E-state index contributed by atoms with van der Waals surface area (Å²) in [5, 5.41) is 34.2. The molecule has 5 rings (SSSR count). The molecule has 67 heavy (non-hydrogen) atoms. The summed E-state index contributed by atoms with van der Waals surface area (Å²) >= 11 is 5.61. The molecule has 0 aliphatic carbocycles. The summed E-state index contributed by atoms with van der Waals surface area (Å²) in [6, 6.07) is 18.4. The highest BCUT2D eigenvalue weighted by molar-refractivity contribution is 7.81. The van der Waals surface area contributed by atoms with Gasteiger partial charge in [-0.15, -0.1) is 0 Å². The Hall–Kier alpha value is -6.12. The highest BCUT2D eigenvalue weighted by atomic mass is 32.1. The smallest absolute Gasteiger partial charge is 0.417 e. The Bertz CT molecular complexity index is 2340. The number of unbranched alkanes of at least 4 members (excludes halogenated alkanes) is 2. The van der Waals surface area contributed by atoms with Crippen LogP contribution >= 0.6 is 12.2 Å². The second kappa shape index (κ2) is 22.6. The molecule has 2 heterocycles. The monoisotopic (exact) mass is 947 g/mol. The van der Waals surface area contributed by atoms with E-state index < -0.39 is 70.1 Å². The van der Waals surface area contributed by atoms with Crippen LogP contribution in [0.15, 0.2) is 66.7 Å². The minimum atomic E-state index is -4.80. The Morgan fingerprint density at radius 3 is 2.18 bits per heavy atom. The molecular weight excluding hydrogens is 892 g/mol. The Kier molecular flexibility index (Phi) is 17.5. The van der Waals surface area contributed by atoms with Gasteiger partial charge in [-0.25, -0.2) is 0 Å². The van der Waals surface area contributed by atoms with Gasteiger partial charge in [-0.05, 0) is 117 Å². The quantitative estimate of drug-likeness (QED) is 0.0865. The predicted octanol–water partition coefficient (Wildman–Crippen LogP) is 6.15. The number of nitrogens with one attached hydrogen (secondary N) is 2. The third-order valence-electron chi connectivity index (χ3n) is 11.3. The van der Waals surface area contributed by atoms with Crippen molar-refractivity contribution >= 4 is 52.3 Å². The number of halogens is 3. The first kappa shape index (κ1) is 51.9. The van der Waals surface area contributed by atoms with Crippen molar-refractivity contribution in [3.05, 3.63) is 89.0 Å². The molecule has 3 atom stereocenters. The first-order valence-electron chi connectivity index (χ1n) is 21.9. The molecule has 3 N–H and O–H groups in total. The highest BCUT2D eigenvalue weighted by Gasteiger charge is 2.51. The maximum absolute atomic E-state index is 13.8. The SMILES string of the molecule is CC(C)(C)[C@H](NC(=O)COCCCOCCCCCOc1ccc(N2C(=S)N(c3ccc(C#N)c(C(F)(F)F)c3)C(=O)C2(C)C)cc1)C(=O)N1C[C@H](O)C[C@H]1C(=O)NCc1ccc(C#N)cc1. The zero-order chi connectivity index (χ0) is 49.1. The number of carbonyl (C=O) groups is 4. The van der Waals surface area contributed by atoms with Gasteiger partial charge in [-0.1, -0.05) is 32.9 Å². The first-order chi connectivity index (χ1) is 31.7. The minimum Gasteiger partial charge on any atom is -0.494 e. The molecule has 2 aliphatic heterocycles. The molecule has 2 aliphatic rings. The van der Waals surface area contributed by atoms with Crippen LogP contribution in [0.25, 0.3) is 0 Å². The van der Waals surface area contributed by atoms with E-state index in [4.69, 9.17) is 31.7 Å². The number of nitriles is 2. The van der Waals surface area contributed by atoms with E-state index in [1.165, 1.54) is 11.0 Å². The maximum atomic E-state index is 13.8. The molecule has 0 spiro atoms. The van der Waals surface area contributed by atoms with E-state index >= 15 is 0 Å². The number of anilines is 2. The molecular formula is C48H56F3N7O8S. The molecule has 2 saturated heterocycles. The fourth-order valence-electron chi connectivity index (χ4n) is 7.68. The number of amides is 4. The number of thiocarbonyl (C=S) groups is 1. The van der Waals surface area contributed by atoms with Crippen LogP contribution < -0.4 is 25.2 Å². The predicted molar refractivity (Wildman–Crippen MR) is 245 cm³/mol. The average molecular weight is 948 g/mol. The van der Waals surface area contributed by atoms with Gasteiger partial charge in [0, 0.05) is 45.0 Å². The molecule has 0 radical (unpaired) electrons. The third-order valence-corrected chi connectivity index (χ3v) is 11.7. The van der Waals surface area contributed by atoms with E-state index in [-0.39, 0.29) is 43.5 Å². The Morgan fingerprint density at radius 1 is 0.896 bits per heavy atom. The van der Waals surface area contributed by atoms with Crippen molar-refractivity contribution in [3.63, 3.8) is 0 Å². The van der Waals surface area contributed by atoms with E-state index in [9.17, 15) is 42.7 Å². The third kappa shape index (κ3) is 13.3. The normalized spacial score (nSPS) is 17.5. The molecule has 3 aromatic rings. The standard InChI is InChI=1S/C48H56F3N7O8S/c1-46(2,3)41(43(62)56-29-36(59)25-39(56)42(61)54-28-32-12-10-31(26-52)11-13-32)55-40(60)30-65-22-9-21-64-20-7-6-8-23-66-37-18-16-34(17-19-37)58-45(67)57(44(63)47(58,4)5)35-15-14-33(27-53)38(24-35)48(49,50)51/h10-19,24,36,39,41,59H,6-9,20-23,25,28-30H2,1-5H3,(H,54,61)(H,55,60)/t36-,39+,41-/m1/s1. The fourth-order valence-corrected chi connectivity index (χ4v) is 8.20. The van der Waals surface area contributed by atoms with Crippen molar-refractivity contribution < 1.29 is 51.7 Å².